The van der Waals surface area contributed by atoms with E-state index in [4.69, 9.17) is 11.6 Å². The molecule has 1 amide bonds. The lowest BCUT2D eigenvalue weighted by Gasteiger charge is -2.12. The Kier molecular flexibility index (Phi) is 6.73. The third-order valence-electron chi connectivity index (χ3n) is 4.73. The molecule has 28 heavy (non-hydrogen) atoms. The Balaban J connectivity index is 1.68. The van der Waals surface area contributed by atoms with Crippen LogP contribution in [0.15, 0.2) is 41.3 Å². The maximum absolute atomic E-state index is 14.3. The van der Waals surface area contributed by atoms with Crippen molar-refractivity contribution in [3.8, 4) is 0 Å². The van der Waals surface area contributed by atoms with Gasteiger partial charge in [-0.15, -0.1) is 11.8 Å². The van der Waals surface area contributed by atoms with Crippen molar-refractivity contribution in [3.63, 3.8) is 0 Å². The van der Waals surface area contributed by atoms with Gasteiger partial charge in [0.25, 0.3) is 5.91 Å². The lowest BCUT2D eigenvalue weighted by atomic mass is 10.0. The zero-order valence-electron chi connectivity index (χ0n) is 15.3. The largest absolute Gasteiger partial charge is 0.322 e. The molecule has 0 aromatic heterocycles. The summed E-state index contributed by atoms with van der Waals surface area (Å²) in [5, 5.41) is 2.78. The van der Waals surface area contributed by atoms with E-state index in [0.717, 1.165) is 19.3 Å². The molecule has 0 aliphatic heterocycles. The van der Waals surface area contributed by atoms with Crippen molar-refractivity contribution in [2.24, 2.45) is 5.92 Å². The van der Waals surface area contributed by atoms with Crippen molar-refractivity contribution in [1.29, 1.82) is 0 Å². The van der Waals surface area contributed by atoms with Gasteiger partial charge >= 0.3 is 0 Å². The van der Waals surface area contributed by atoms with E-state index >= 15 is 0 Å². The molecule has 1 aliphatic carbocycles. The van der Waals surface area contributed by atoms with Crippen molar-refractivity contribution >= 4 is 40.7 Å². The maximum atomic E-state index is 14.3. The standard InChI is InChI=1S/C21H20ClF2NO2S/c1-12(26)8-13-2-5-16(9-13)28-20-10-14(3-6-19(20)24)21(27)25-15-4-7-18(23)17(22)11-15/h3-4,6-7,10-11,13,16H,2,5,8-9H2,1H3,(H,25,27). The van der Waals surface area contributed by atoms with Gasteiger partial charge in [0.2, 0.25) is 0 Å². The third kappa shape index (κ3) is 5.32. The number of rotatable bonds is 6. The minimum atomic E-state index is -0.570. The Bertz CT molecular complexity index is 906. The van der Waals surface area contributed by atoms with Crippen LogP contribution in [0.2, 0.25) is 5.02 Å². The van der Waals surface area contributed by atoms with Crippen LogP contribution < -0.4 is 5.32 Å². The number of halogens is 3. The number of anilines is 1. The Hall–Kier alpha value is -1.92. The van der Waals surface area contributed by atoms with Crippen LogP contribution >= 0.6 is 23.4 Å². The Morgan fingerprint density at radius 3 is 2.61 bits per heavy atom. The van der Waals surface area contributed by atoms with Crippen LogP contribution in [0.4, 0.5) is 14.5 Å². The first-order valence-corrected chi connectivity index (χ1v) is 10.3. The molecule has 0 radical (unpaired) electrons. The van der Waals surface area contributed by atoms with Gasteiger partial charge in [0, 0.05) is 27.8 Å². The first-order valence-electron chi connectivity index (χ1n) is 9.04. The second-order valence-electron chi connectivity index (χ2n) is 7.05. The van der Waals surface area contributed by atoms with E-state index < -0.39 is 11.7 Å². The fourth-order valence-electron chi connectivity index (χ4n) is 3.42. The number of Topliss-reactive ketones (excluding diaryl/α,β-unsaturated/α-hetero) is 1. The highest BCUT2D eigenvalue weighted by atomic mass is 35.5. The van der Waals surface area contributed by atoms with Crippen molar-refractivity contribution in [3.05, 3.63) is 58.6 Å². The molecule has 1 N–H and O–H groups in total. The number of nitrogens with one attached hydrogen (secondary N) is 1. The maximum Gasteiger partial charge on any atom is 0.255 e. The zero-order valence-corrected chi connectivity index (χ0v) is 16.9. The molecule has 3 rings (SSSR count). The molecule has 148 valence electrons. The molecule has 0 spiro atoms. The topological polar surface area (TPSA) is 46.2 Å². The molecule has 2 atom stereocenters. The van der Waals surface area contributed by atoms with E-state index in [-0.39, 0.29) is 21.9 Å². The predicted octanol–water partition coefficient (Wildman–Crippen LogP) is 6.11. The monoisotopic (exact) mass is 423 g/mol. The summed E-state index contributed by atoms with van der Waals surface area (Å²) >= 11 is 7.14. The van der Waals surface area contributed by atoms with Gasteiger partial charge in [-0.05, 0) is 68.5 Å². The summed E-state index contributed by atoms with van der Waals surface area (Å²) in [6, 6.07) is 8.11. The fourth-order valence-corrected chi connectivity index (χ4v) is 4.96. The quantitative estimate of drug-likeness (QED) is 0.609. The van der Waals surface area contributed by atoms with Crippen molar-refractivity contribution in [2.45, 2.75) is 42.8 Å². The second kappa shape index (κ2) is 9.05. The van der Waals surface area contributed by atoms with E-state index in [1.54, 1.807) is 6.92 Å². The number of carbonyl (C=O) groups is 2. The number of hydrogen-bond acceptors (Lipinski definition) is 3. The summed E-state index contributed by atoms with van der Waals surface area (Å²) in [6.45, 7) is 1.59. The summed E-state index contributed by atoms with van der Waals surface area (Å²) in [4.78, 5) is 24.2. The van der Waals surface area contributed by atoms with Gasteiger partial charge in [-0.3, -0.25) is 4.79 Å². The average molecular weight is 424 g/mol. The van der Waals surface area contributed by atoms with Crippen LogP contribution in [-0.4, -0.2) is 16.9 Å². The highest BCUT2D eigenvalue weighted by Crippen LogP contribution is 2.40. The first-order chi connectivity index (χ1) is 13.3. The van der Waals surface area contributed by atoms with Crippen LogP contribution in [0.3, 0.4) is 0 Å². The van der Waals surface area contributed by atoms with E-state index in [2.05, 4.69) is 5.32 Å². The molecule has 0 heterocycles. The molecule has 7 heteroatoms. The van der Waals surface area contributed by atoms with E-state index in [1.807, 2.05) is 0 Å². The minimum Gasteiger partial charge on any atom is -0.322 e. The zero-order chi connectivity index (χ0) is 20.3. The molecule has 2 aromatic rings. The SMILES string of the molecule is CC(=O)CC1CCC(Sc2cc(C(=O)Nc3ccc(F)c(Cl)c3)ccc2F)C1. The summed E-state index contributed by atoms with van der Waals surface area (Å²) in [6.07, 6.45) is 3.33. The summed E-state index contributed by atoms with van der Waals surface area (Å²) in [5.41, 5.74) is 0.667. The van der Waals surface area contributed by atoms with Gasteiger partial charge in [0.05, 0.1) is 5.02 Å². The van der Waals surface area contributed by atoms with Gasteiger partial charge in [-0.25, -0.2) is 8.78 Å². The van der Waals surface area contributed by atoms with E-state index in [1.165, 1.54) is 48.2 Å². The van der Waals surface area contributed by atoms with Gasteiger partial charge in [-0.2, -0.15) is 0 Å². The highest BCUT2D eigenvalue weighted by Gasteiger charge is 2.27. The number of carbonyl (C=O) groups excluding carboxylic acids is 2. The Labute approximate surface area is 171 Å². The van der Waals surface area contributed by atoms with Crippen LogP contribution in [0.1, 0.15) is 43.0 Å². The van der Waals surface area contributed by atoms with Crippen LogP contribution in [0.25, 0.3) is 0 Å². The average Bonchev–Trinajstić information content (AvgIpc) is 3.06. The Morgan fingerprint density at radius 2 is 1.89 bits per heavy atom. The van der Waals surface area contributed by atoms with Gasteiger partial charge in [0.15, 0.2) is 0 Å². The van der Waals surface area contributed by atoms with E-state index in [9.17, 15) is 18.4 Å². The minimum absolute atomic E-state index is 0.0884. The lowest BCUT2D eigenvalue weighted by molar-refractivity contribution is -0.117. The Morgan fingerprint density at radius 1 is 1.14 bits per heavy atom. The number of benzene rings is 2. The third-order valence-corrected chi connectivity index (χ3v) is 6.35. The molecule has 0 saturated heterocycles. The van der Waals surface area contributed by atoms with Crippen LogP contribution in [0, 0.1) is 17.6 Å². The molecule has 1 aliphatic rings. The smallest absolute Gasteiger partial charge is 0.255 e. The molecule has 1 fully saturated rings. The molecular formula is C21H20ClF2NO2S. The summed E-state index contributed by atoms with van der Waals surface area (Å²) in [5.74, 6) is -0.833. The second-order valence-corrected chi connectivity index (χ2v) is 8.80. The van der Waals surface area contributed by atoms with Crippen molar-refractivity contribution < 1.29 is 18.4 Å². The molecule has 2 unspecified atom stereocenters. The van der Waals surface area contributed by atoms with Gasteiger partial charge < -0.3 is 10.1 Å². The molecule has 2 aromatic carbocycles. The summed E-state index contributed by atoms with van der Waals surface area (Å²) < 4.78 is 27.5. The van der Waals surface area contributed by atoms with Gasteiger partial charge in [0.1, 0.15) is 17.4 Å². The predicted molar refractivity (Wildman–Crippen MR) is 108 cm³/mol. The molecular weight excluding hydrogens is 404 g/mol. The van der Waals surface area contributed by atoms with Crippen LogP contribution in [-0.2, 0) is 4.79 Å². The molecule has 3 nitrogen and oxygen atoms in total. The summed E-state index contributed by atoms with van der Waals surface area (Å²) in [7, 11) is 0. The molecule has 1 saturated carbocycles. The first kappa shape index (κ1) is 20.8. The number of amides is 1. The molecule has 0 bridgehead atoms. The number of thioether (sulfide) groups is 1. The highest BCUT2D eigenvalue weighted by molar-refractivity contribution is 8.00. The number of ketones is 1. The lowest BCUT2D eigenvalue weighted by Crippen LogP contribution is -2.12. The van der Waals surface area contributed by atoms with Crippen molar-refractivity contribution in [2.75, 3.05) is 5.32 Å². The van der Waals surface area contributed by atoms with Gasteiger partial charge in [-0.1, -0.05) is 11.6 Å². The van der Waals surface area contributed by atoms with Crippen LogP contribution in [0.5, 0.6) is 0 Å². The number of hydrogen-bond donors (Lipinski definition) is 1. The van der Waals surface area contributed by atoms with E-state index in [0.29, 0.717) is 28.5 Å². The normalized spacial score (nSPS) is 18.9. The fraction of sp³-hybridized carbons (Fsp3) is 0.333. The van der Waals surface area contributed by atoms with Crippen molar-refractivity contribution in [1.82, 2.24) is 0 Å².